The van der Waals surface area contributed by atoms with Gasteiger partial charge < -0.3 is 19.5 Å². The van der Waals surface area contributed by atoms with Crippen molar-refractivity contribution >= 4 is 0 Å². The number of likely N-dealkylation sites (tertiary alicyclic amines) is 1. The quantitative estimate of drug-likeness (QED) is 0.545. The largest absolute Gasteiger partial charge is 0.383 e. The average Bonchev–Trinajstić information content (AvgIpc) is 2.48. The summed E-state index contributed by atoms with van der Waals surface area (Å²) in [5.41, 5.74) is 0. The fourth-order valence-electron chi connectivity index (χ4n) is 2.64. The predicted molar refractivity (Wildman–Crippen MR) is 81.3 cm³/mol. The van der Waals surface area contributed by atoms with E-state index in [1.807, 2.05) is 0 Å². The second-order valence-electron chi connectivity index (χ2n) is 5.34. The molecule has 1 heterocycles. The second kappa shape index (κ2) is 12.5. The molecule has 5 nitrogen and oxygen atoms in total. The van der Waals surface area contributed by atoms with Crippen LogP contribution in [0.3, 0.4) is 0 Å². The Hall–Kier alpha value is -0.200. The van der Waals surface area contributed by atoms with E-state index in [0.29, 0.717) is 19.3 Å². The number of hydrogen-bond acceptors (Lipinski definition) is 5. The summed E-state index contributed by atoms with van der Waals surface area (Å²) in [6, 6.07) is 0.680. The van der Waals surface area contributed by atoms with Crippen molar-refractivity contribution in [2.45, 2.75) is 31.7 Å². The van der Waals surface area contributed by atoms with Crippen molar-refractivity contribution in [1.82, 2.24) is 10.2 Å². The first-order chi connectivity index (χ1) is 9.88. The number of nitrogens with one attached hydrogen (secondary N) is 1. The van der Waals surface area contributed by atoms with Gasteiger partial charge in [0.15, 0.2) is 0 Å². The van der Waals surface area contributed by atoms with Crippen LogP contribution in [-0.4, -0.2) is 77.8 Å². The molecular weight excluding hydrogens is 256 g/mol. The van der Waals surface area contributed by atoms with Gasteiger partial charge in [0.1, 0.15) is 0 Å². The van der Waals surface area contributed by atoms with Crippen LogP contribution in [0.25, 0.3) is 0 Å². The van der Waals surface area contributed by atoms with Crippen molar-refractivity contribution in [1.29, 1.82) is 0 Å². The van der Waals surface area contributed by atoms with Gasteiger partial charge in [0.25, 0.3) is 0 Å². The van der Waals surface area contributed by atoms with Crippen molar-refractivity contribution in [2.75, 3.05) is 66.8 Å². The van der Waals surface area contributed by atoms with Crippen LogP contribution >= 0.6 is 0 Å². The molecule has 0 saturated carbocycles. The highest BCUT2D eigenvalue weighted by atomic mass is 16.5. The number of nitrogens with zero attached hydrogens (tertiary/aromatic N) is 1. The Bertz CT molecular complexity index is 217. The van der Waals surface area contributed by atoms with Crippen molar-refractivity contribution in [3.63, 3.8) is 0 Å². The van der Waals surface area contributed by atoms with Crippen molar-refractivity contribution in [3.05, 3.63) is 0 Å². The first kappa shape index (κ1) is 17.9. The monoisotopic (exact) mass is 288 g/mol. The smallest absolute Gasteiger partial charge is 0.0700 e. The summed E-state index contributed by atoms with van der Waals surface area (Å²) >= 11 is 0. The third kappa shape index (κ3) is 8.17. The van der Waals surface area contributed by atoms with Gasteiger partial charge in [0.2, 0.25) is 0 Å². The predicted octanol–water partition coefficient (Wildman–Crippen LogP) is 1.13. The molecule has 1 unspecified atom stereocenters. The third-order valence-electron chi connectivity index (χ3n) is 3.78. The summed E-state index contributed by atoms with van der Waals surface area (Å²) in [5.74, 6) is 0. The summed E-state index contributed by atoms with van der Waals surface area (Å²) < 4.78 is 15.6. The summed E-state index contributed by atoms with van der Waals surface area (Å²) in [6.07, 6.45) is 5.11. The van der Waals surface area contributed by atoms with E-state index >= 15 is 0 Å². The number of rotatable bonds is 12. The lowest BCUT2D eigenvalue weighted by Crippen LogP contribution is -2.46. The molecule has 0 aliphatic carbocycles. The zero-order valence-corrected chi connectivity index (χ0v) is 13.2. The van der Waals surface area contributed by atoms with Gasteiger partial charge in [-0.05, 0) is 25.8 Å². The van der Waals surface area contributed by atoms with Gasteiger partial charge in [-0.15, -0.1) is 0 Å². The molecule has 0 radical (unpaired) electrons. The van der Waals surface area contributed by atoms with Crippen molar-refractivity contribution in [3.8, 4) is 0 Å². The Labute approximate surface area is 123 Å². The topological polar surface area (TPSA) is 43.0 Å². The van der Waals surface area contributed by atoms with Crippen LogP contribution < -0.4 is 5.32 Å². The summed E-state index contributed by atoms with van der Waals surface area (Å²) in [7, 11) is 3.45. The fourth-order valence-corrected chi connectivity index (χ4v) is 2.64. The normalized spacial score (nSPS) is 20.4. The highest BCUT2D eigenvalue weighted by Gasteiger charge is 2.21. The zero-order chi connectivity index (χ0) is 14.5. The molecule has 0 bridgehead atoms. The van der Waals surface area contributed by atoms with Crippen LogP contribution in [0.2, 0.25) is 0 Å². The molecule has 0 aromatic rings. The van der Waals surface area contributed by atoms with Gasteiger partial charge in [-0.1, -0.05) is 6.42 Å². The van der Waals surface area contributed by atoms with Gasteiger partial charge >= 0.3 is 0 Å². The molecule has 120 valence electrons. The SMILES string of the molecule is COCCNCC1CCCCN1CCCOCCOC. The zero-order valence-electron chi connectivity index (χ0n) is 13.2. The van der Waals surface area contributed by atoms with E-state index in [1.165, 1.54) is 25.8 Å². The molecule has 1 aliphatic heterocycles. The van der Waals surface area contributed by atoms with Crippen LogP contribution in [-0.2, 0) is 14.2 Å². The van der Waals surface area contributed by atoms with Gasteiger partial charge in [-0.2, -0.15) is 0 Å². The summed E-state index contributed by atoms with van der Waals surface area (Å²) in [5, 5.41) is 3.49. The lowest BCUT2D eigenvalue weighted by molar-refractivity contribution is 0.0592. The van der Waals surface area contributed by atoms with Gasteiger partial charge in [-0.25, -0.2) is 0 Å². The minimum atomic E-state index is 0.680. The Morgan fingerprint density at radius 3 is 2.70 bits per heavy atom. The van der Waals surface area contributed by atoms with E-state index in [2.05, 4.69) is 10.2 Å². The maximum absolute atomic E-state index is 5.53. The Morgan fingerprint density at radius 2 is 1.90 bits per heavy atom. The molecule has 0 aromatic heterocycles. The summed E-state index contributed by atoms with van der Waals surface area (Å²) in [6.45, 7) is 7.42. The van der Waals surface area contributed by atoms with Gasteiger partial charge in [-0.3, -0.25) is 4.90 Å². The van der Waals surface area contributed by atoms with Crippen LogP contribution in [0.4, 0.5) is 0 Å². The first-order valence-electron chi connectivity index (χ1n) is 7.89. The maximum atomic E-state index is 5.53. The van der Waals surface area contributed by atoms with E-state index in [9.17, 15) is 0 Å². The van der Waals surface area contributed by atoms with E-state index in [1.54, 1.807) is 14.2 Å². The minimum absolute atomic E-state index is 0.680. The van der Waals surface area contributed by atoms with E-state index in [-0.39, 0.29) is 0 Å². The number of piperidine rings is 1. The minimum Gasteiger partial charge on any atom is -0.383 e. The molecule has 1 saturated heterocycles. The molecule has 1 fully saturated rings. The number of hydrogen-bond donors (Lipinski definition) is 1. The van der Waals surface area contributed by atoms with Gasteiger partial charge in [0.05, 0.1) is 19.8 Å². The number of methoxy groups -OCH3 is 2. The molecule has 5 heteroatoms. The average molecular weight is 288 g/mol. The Morgan fingerprint density at radius 1 is 1.05 bits per heavy atom. The standard InChI is InChI=1S/C15H32N2O3/c1-18-11-7-16-14-15-6-3-4-8-17(15)9-5-10-20-13-12-19-2/h15-16H,3-14H2,1-2H3. The van der Waals surface area contributed by atoms with E-state index in [4.69, 9.17) is 14.2 Å². The molecule has 0 amide bonds. The fraction of sp³-hybridized carbons (Fsp3) is 1.00. The third-order valence-corrected chi connectivity index (χ3v) is 3.78. The lowest BCUT2D eigenvalue weighted by atomic mass is 10.0. The van der Waals surface area contributed by atoms with Crippen LogP contribution in [0.15, 0.2) is 0 Å². The number of ether oxygens (including phenoxy) is 3. The Balaban J connectivity index is 2.09. The van der Waals surface area contributed by atoms with E-state index < -0.39 is 0 Å². The molecular formula is C15H32N2O3. The highest BCUT2D eigenvalue weighted by molar-refractivity contribution is 4.78. The molecule has 1 atom stereocenters. The van der Waals surface area contributed by atoms with Crippen molar-refractivity contribution in [2.24, 2.45) is 0 Å². The molecule has 20 heavy (non-hydrogen) atoms. The van der Waals surface area contributed by atoms with Crippen LogP contribution in [0.5, 0.6) is 0 Å². The van der Waals surface area contributed by atoms with Crippen LogP contribution in [0, 0.1) is 0 Å². The second-order valence-corrected chi connectivity index (χ2v) is 5.34. The summed E-state index contributed by atoms with van der Waals surface area (Å²) in [4.78, 5) is 2.61. The van der Waals surface area contributed by atoms with Gasteiger partial charge in [0, 0.05) is 46.5 Å². The van der Waals surface area contributed by atoms with E-state index in [0.717, 1.165) is 39.3 Å². The van der Waals surface area contributed by atoms with Crippen molar-refractivity contribution < 1.29 is 14.2 Å². The first-order valence-corrected chi connectivity index (χ1v) is 7.89. The molecule has 0 spiro atoms. The Kier molecular flexibility index (Phi) is 11.2. The lowest BCUT2D eigenvalue weighted by Gasteiger charge is -2.36. The molecule has 1 N–H and O–H groups in total. The molecule has 0 aromatic carbocycles. The van der Waals surface area contributed by atoms with Crippen LogP contribution in [0.1, 0.15) is 25.7 Å². The maximum Gasteiger partial charge on any atom is 0.0700 e. The molecule has 1 rings (SSSR count). The highest BCUT2D eigenvalue weighted by Crippen LogP contribution is 2.16. The molecule has 1 aliphatic rings.